The van der Waals surface area contributed by atoms with Crippen molar-refractivity contribution in [2.24, 2.45) is 0 Å². The van der Waals surface area contributed by atoms with Crippen LogP contribution in [0.5, 0.6) is 0 Å². The second-order valence-electron chi connectivity index (χ2n) is 11.8. The van der Waals surface area contributed by atoms with Gasteiger partial charge in [-0.2, -0.15) is 0 Å². The van der Waals surface area contributed by atoms with Gasteiger partial charge in [-0.1, -0.05) is 59.9 Å². The summed E-state index contributed by atoms with van der Waals surface area (Å²) in [5, 5.41) is 4.26. The molecule has 3 aromatic rings. The van der Waals surface area contributed by atoms with Crippen molar-refractivity contribution in [2.75, 3.05) is 18.5 Å². The molecule has 0 saturated heterocycles. The van der Waals surface area contributed by atoms with E-state index in [0.29, 0.717) is 29.8 Å². The highest BCUT2D eigenvalue weighted by Crippen LogP contribution is 2.31. The summed E-state index contributed by atoms with van der Waals surface area (Å²) in [5.74, 6) is -0.748. The minimum Gasteiger partial charge on any atom is -0.462 e. The number of esters is 1. The fraction of sp³-hybridized carbons (Fsp3) is 0.556. The van der Waals surface area contributed by atoms with Crippen LogP contribution in [-0.4, -0.2) is 47.0 Å². The van der Waals surface area contributed by atoms with Crippen molar-refractivity contribution in [3.63, 3.8) is 0 Å². The van der Waals surface area contributed by atoms with Crippen LogP contribution in [0.1, 0.15) is 124 Å². The number of H-pyrrole nitrogens is 1. The van der Waals surface area contributed by atoms with Crippen LogP contribution in [0.15, 0.2) is 36.4 Å². The van der Waals surface area contributed by atoms with Gasteiger partial charge in [0.2, 0.25) is 0 Å². The summed E-state index contributed by atoms with van der Waals surface area (Å²) in [6.45, 7) is 12.3. The molecule has 7 heteroatoms. The molecule has 4 rings (SSSR count). The van der Waals surface area contributed by atoms with Gasteiger partial charge in [-0.15, -0.1) is 17.0 Å². The minimum absolute atomic E-state index is 0. The first-order valence-corrected chi connectivity index (χ1v) is 16.4. The van der Waals surface area contributed by atoms with Crippen LogP contribution >= 0.6 is 17.0 Å². The second-order valence-corrected chi connectivity index (χ2v) is 11.8. The number of rotatable bonds is 15. The Bertz CT molecular complexity index is 1340. The molecule has 1 aliphatic rings. The number of fused-ring (bicyclic) bond motifs is 1. The summed E-state index contributed by atoms with van der Waals surface area (Å²) in [5.41, 5.74) is 6.18. The van der Waals surface area contributed by atoms with E-state index < -0.39 is 5.97 Å². The first-order valence-electron chi connectivity index (χ1n) is 16.4. The average Bonchev–Trinajstić information content (AvgIpc) is 3.66. The second kappa shape index (κ2) is 17.0. The Kier molecular flexibility index (Phi) is 13.8. The highest BCUT2D eigenvalue weighted by Gasteiger charge is 2.27. The number of hydrogen-bond acceptors (Lipinski definition) is 4. The van der Waals surface area contributed by atoms with Gasteiger partial charge in [0.25, 0.3) is 5.91 Å². The van der Waals surface area contributed by atoms with Crippen molar-refractivity contribution in [3.05, 3.63) is 64.3 Å². The molecule has 1 saturated carbocycles. The van der Waals surface area contributed by atoms with Crippen molar-refractivity contribution in [2.45, 2.75) is 117 Å². The first-order chi connectivity index (χ1) is 20.4. The molecule has 0 atom stereocenters. The van der Waals surface area contributed by atoms with Crippen LogP contribution in [0.2, 0.25) is 0 Å². The molecule has 0 radical (unpaired) electrons. The lowest BCUT2D eigenvalue weighted by Gasteiger charge is -2.36. The van der Waals surface area contributed by atoms with Crippen LogP contribution < -0.4 is 5.32 Å². The number of aromatic amines is 1. The Morgan fingerprint density at radius 2 is 1.70 bits per heavy atom. The maximum Gasteiger partial charge on any atom is 0.338 e. The highest BCUT2D eigenvalue weighted by molar-refractivity contribution is 8.93. The number of nitrogens with zero attached hydrogens (tertiary/aromatic N) is 1. The molecule has 236 valence electrons. The first kappa shape index (κ1) is 34.8. The molecule has 2 N–H and O–H groups in total. The number of carbonyl (C=O) groups excluding carboxylic acids is 2. The molecule has 0 bridgehead atoms. The lowest BCUT2D eigenvalue weighted by Crippen LogP contribution is -2.42. The van der Waals surface area contributed by atoms with Crippen molar-refractivity contribution in [1.82, 2.24) is 9.88 Å². The molecule has 1 aromatic heterocycles. The Hall–Kier alpha value is -2.64. The van der Waals surface area contributed by atoms with Gasteiger partial charge in [0.15, 0.2) is 0 Å². The number of aryl methyl sites for hydroxylation is 2. The van der Waals surface area contributed by atoms with Crippen molar-refractivity contribution >= 4 is 45.4 Å². The normalized spacial score (nSPS) is 13.6. The molecule has 0 spiro atoms. The molecule has 1 aliphatic carbocycles. The summed E-state index contributed by atoms with van der Waals surface area (Å²) >= 11 is 0. The zero-order valence-electron chi connectivity index (χ0n) is 26.9. The van der Waals surface area contributed by atoms with E-state index in [1.807, 2.05) is 26.0 Å². The van der Waals surface area contributed by atoms with Gasteiger partial charge in [-0.05, 0) is 92.8 Å². The summed E-state index contributed by atoms with van der Waals surface area (Å²) in [4.78, 5) is 32.8. The van der Waals surface area contributed by atoms with E-state index >= 15 is 0 Å². The number of aromatic nitrogens is 1. The van der Waals surface area contributed by atoms with Crippen LogP contribution in [0, 0.1) is 0 Å². The zero-order chi connectivity index (χ0) is 30.1. The van der Waals surface area contributed by atoms with Crippen LogP contribution in [-0.2, 0) is 24.0 Å². The van der Waals surface area contributed by atoms with E-state index in [2.05, 4.69) is 48.1 Å². The molecule has 0 unspecified atom stereocenters. The van der Waals surface area contributed by atoms with E-state index in [9.17, 15) is 9.59 Å². The van der Waals surface area contributed by atoms with Crippen LogP contribution in [0.25, 0.3) is 10.9 Å². The molecule has 1 amide bonds. The third-order valence-corrected chi connectivity index (χ3v) is 8.97. The van der Waals surface area contributed by atoms with Gasteiger partial charge < -0.3 is 15.0 Å². The van der Waals surface area contributed by atoms with Crippen molar-refractivity contribution < 1.29 is 14.3 Å². The third kappa shape index (κ3) is 8.51. The van der Waals surface area contributed by atoms with Gasteiger partial charge in [0.05, 0.1) is 17.7 Å². The lowest BCUT2D eigenvalue weighted by atomic mass is 10.0. The van der Waals surface area contributed by atoms with Gasteiger partial charge in [0, 0.05) is 40.9 Å². The standard InChI is InChI=1S/C36H51N3O3.BrH/c1-6-13-33-29(20-21-39(27(9-4)10-5)28-14-11-12-15-28)31-24-26(17-19-34(31)38-33)37-35(40)30-18-16-25(8-3)23-32(30)36(41)42-22-7-2;/h16-19,23-24,27-28,38H,6-15,20-22H2,1-5H3,(H,37,40);1H. The number of hydrogen-bond donors (Lipinski definition) is 2. The van der Waals surface area contributed by atoms with Crippen molar-refractivity contribution in [3.8, 4) is 0 Å². The van der Waals surface area contributed by atoms with E-state index in [1.54, 1.807) is 12.1 Å². The topological polar surface area (TPSA) is 74.4 Å². The summed E-state index contributed by atoms with van der Waals surface area (Å²) in [7, 11) is 0. The molecule has 1 fully saturated rings. The quantitative estimate of drug-likeness (QED) is 0.160. The fourth-order valence-electron chi connectivity index (χ4n) is 6.68. The number of carbonyl (C=O) groups is 2. The maximum absolute atomic E-state index is 13.5. The SMILES string of the molecule is Br.CCCOC(=O)c1cc(CC)ccc1C(=O)Nc1ccc2[nH]c(CCC)c(CCN(C(CC)CC)C3CCCC3)c2c1. The Balaban J connectivity index is 0.00000506. The van der Waals surface area contributed by atoms with Crippen LogP contribution in [0.3, 0.4) is 0 Å². The molecule has 6 nitrogen and oxygen atoms in total. The van der Waals surface area contributed by atoms with Crippen molar-refractivity contribution in [1.29, 1.82) is 0 Å². The number of benzene rings is 2. The van der Waals surface area contributed by atoms with Crippen LogP contribution in [0.4, 0.5) is 5.69 Å². The Labute approximate surface area is 269 Å². The smallest absolute Gasteiger partial charge is 0.338 e. The third-order valence-electron chi connectivity index (χ3n) is 8.97. The van der Waals surface area contributed by atoms with Gasteiger partial charge in [-0.3, -0.25) is 9.69 Å². The zero-order valence-corrected chi connectivity index (χ0v) is 28.6. The molecular formula is C36H52BrN3O3. The van der Waals surface area contributed by atoms with Gasteiger partial charge in [0.1, 0.15) is 0 Å². The summed E-state index contributed by atoms with van der Waals surface area (Å²) in [6, 6.07) is 12.9. The molecule has 1 heterocycles. The number of anilines is 1. The number of amides is 1. The maximum atomic E-state index is 13.5. The Morgan fingerprint density at radius 3 is 2.35 bits per heavy atom. The lowest BCUT2D eigenvalue weighted by molar-refractivity contribution is 0.0502. The number of halogens is 1. The average molecular weight is 655 g/mol. The monoisotopic (exact) mass is 653 g/mol. The molecule has 2 aromatic carbocycles. The van der Waals surface area contributed by atoms with Gasteiger partial charge in [-0.25, -0.2) is 4.79 Å². The summed E-state index contributed by atoms with van der Waals surface area (Å²) in [6.07, 6.45) is 12.3. The van der Waals surface area contributed by atoms with E-state index in [1.165, 1.54) is 55.2 Å². The van der Waals surface area contributed by atoms with Gasteiger partial charge >= 0.3 is 5.97 Å². The number of nitrogens with one attached hydrogen (secondary N) is 2. The predicted octanol–water partition coefficient (Wildman–Crippen LogP) is 9.06. The highest BCUT2D eigenvalue weighted by atomic mass is 79.9. The fourth-order valence-corrected chi connectivity index (χ4v) is 6.68. The van der Waals surface area contributed by atoms with E-state index in [4.69, 9.17) is 4.74 Å². The molecule has 43 heavy (non-hydrogen) atoms. The molecular weight excluding hydrogens is 602 g/mol. The molecule has 0 aliphatic heterocycles. The van der Waals surface area contributed by atoms with E-state index in [0.717, 1.165) is 55.4 Å². The minimum atomic E-state index is -0.450. The predicted molar refractivity (Wildman–Crippen MR) is 184 cm³/mol. The van der Waals surface area contributed by atoms with E-state index in [-0.39, 0.29) is 22.9 Å². The Morgan fingerprint density at radius 1 is 0.953 bits per heavy atom. The number of ether oxygens (including phenoxy) is 1. The largest absolute Gasteiger partial charge is 0.462 e. The summed E-state index contributed by atoms with van der Waals surface area (Å²) < 4.78 is 5.41.